The van der Waals surface area contributed by atoms with Gasteiger partial charge in [-0.15, -0.1) is 0 Å². The number of hydrogen-bond donors (Lipinski definition) is 3. The van der Waals surface area contributed by atoms with Gasteiger partial charge in [0.2, 0.25) is 17.7 Å². The van der Waals surface area contributed by atoms with E-state index in [1.165, 1.54) is 0 Å². The second-order valence-electron chi connectivity index (χ2n) is 6.70. The van der Waals surface area contributed by atoms with E-state index in [-0.39, 0.29) is 30.7 Å². The Morgan fingerprint density at radius 1 is 0.929 bits per heavy atom. The first kappa shape index (κ1) is 21.6. The summed E-state index contributed by atoms with van der Waals surface area (Å²) in [5, 5.41) is 8.07. The van der Waals surface area contributed by atoms with E-state index in [1.54, 1.807) is 12.1 Å². The molecule has 2 rings (SSSR count). The topological polar surface area (TPSA) is 87.3 Å². The van der Waals surface area contributed by atoms with Crippen LogP contribution in [0.15, 0.2) is 59.1 Å². The maximum Gasteiger partial charge on any atom is 0.243 e. The Balaban J connectivity index is 1.87. The van der Waals surface area contributed by atoms with Crippen LogP contribution in [0.4, 0.5) is 5.69 Å². The largest absolute Gasteiger partial charge is 0.345 e. The van der Waals surface area contributed by atoms with Crippen LogP contribution in [-0.4, -0.2) is 30.3 Å². The summed E-state index contributed by atoms with van der Waals surface area (Å²) in [6.07, 6.45) is 0.194. The lowest BCUT2D eigenvalue weighted by Gasteiger charge is -2.21. The molecule has 0 heterocycles. The van der Waals surface area contributed by atoms with Crippen molar-refractivity contribution in [2.45, 2.75) is 26.3 Å². The molecule has 0 fully saturated rings. The number of benzene rings is 2. The summed E-state index contributed by atoms with van der Waals surface area (Å²) in [6, 6.07) is 15.8. The van der Waals surface area contributed by atoms with Crippen LogP contribution >= 0.6 is 15.9 Å². The Morgan fingerprint density at radius 3 is 2.21 bits per heavy atom. The summed E-state index contributed by atoms with van der Waals surface area (Å²) in [4.78, 5) is 36.8. The molecule has 1 unspecified atom stereocenters. The predicted octanol–water partition coefficient (Wildman–Crippen LogP) is 2.89. The molecule has 0 aliphatic carbocycles. The molecule has 0 bridgehead atoms. The van der Waals surface area contributed by atoms with Crippen LogP contribution < -0.4 is 16.0 Å². The standard InChI is InChI=1S/C21H24BrN3O3/c1-14(2)20(25-18(26)12-15-8-4-3-5-9-15)21(28)23-13-19(27)24-17-11-7-6-10-16(17)22/h3-11,14,20H,12-13H2,1-2H3,(H,23,28)(H,24,27)(H,25,26). The van der Waals surface area contributed by atoms with Crippen LogP contribution in [-0.2, 0) is 20.8 Å². The summed E-state index contributed by atoms with van der Waals surface area (Å²) >= 11 is 3.35. The van der Waals surface area contributed by atoms with Gasteiger partial charge in [-0.05, 0) is 39.5 Å². The normalized spacial score (nSPS) is 11.6. The zero-order valence-electron chi connectivity index (χ0n) is 15.9. The molecular weight excluding hydrogens is 422 g/mol. The molecule has 0 spiro atoms. The lowest BCUT2D eigenvalue weighted by Crippen LogP contribution is -2.51. The highest BCUT2D eigenvalue weighted by Crippen LogP contribution is 2.20. The van der Waals surface area contributed by atoms with Crippen molar-refractivity contribution in [1.29, 1.82) is 0 Å². The van der Waals surface area contributed by atoms with Crippen LogP contribution in [0, 0.1) is 5.92 Å². The van der Waals surface area contributed by atoms with Crippen molar-refractivity contribution >= 4 is 39.3 Å². The fourth-order valence-corrected chi connectivity index (χ4v) is 2.96. The van der Waals surface area contributed by atoms with E-state index in [0.717, 1.165) is 10.0 Å². The number of anilines is 1. The molecule has 2 aromatic carbocycles. The van der Waals surface area contributed by atoms with Gasteiger partial charge in [0.25, 0.3) is 0 Å². The van der Waals surface area contributed by atoms with E-state index in [9.17, 15) is 14.4 Å². The summed E-state index contributed by atoms with van der Waals surface area (Å²) in [5.41, 5.74) is 1.49. The summed E-state index contributed by atoms with van der Waals surface area (Å²) in [7, 11) is 0. The van der Waals surface area contributed by atoms with Gasteiger partial charge in [0.15, 0.2) is 0 Å². The van der Waals surface area contributed by atoms with E-state index in [1.807, 2.05) is 56.3 Å². The highest BCUT2D eigenvalue weighted by molar-refractivity contribution is 9.10. The Bertz CT molecular complexity index is 825. The quantitative estimate of drug-likeness (QED) is 0.583. The lowest BCUT2D eigenvalue weighted by molar-refractivity contribution is -0.130. The Kier molecular flexibility index (Phi) is 8.19. The minimum atomic E-state index is -0.715. The molecule has 7 heteroatoms. The number of halogens is 1. The van der Waals surface area contributed by atoms with Crippen LogP contribution in [0.25, 0.3) is 0 Å². The third kappa shape index (κ3) is 6.81. The maximum atomic E-state index is 12.5. The molecule has 2 aromatic rings. The highest BCUT2D eigenvalue weighted by Gasteiger charge is 2.24. The Hall–Kier alpha value is -2.67. The smallest absolute Gasteiger partial charge is 0.243 e. The third-order valence-electron chi connectivity index (χ3n) is 4.04. The molecule has 3 amide bonds. The minimum Gasteiger partial charge on any atom is -0.345 e. The molecule has 6 nitrogen and oxygen atoms in total. The number of carbonyl (C=O) groups is 3. The van der Waals surface area contributed by atoms with Gasteiger partial charge in [0.05, 0.1) is 18.7 Å². The monoisotopic (exact) mass is 445 g/mol. The van der Waals surface area contributed by atoms with Gasteiger partial charge < -0.3 is 16.0 Å². The molecule has 0 saturated carbocycles. The summed E-state index contributed by atoms with van der Waals surface area (Å²) in [6.45, 7) is 3.50. The van der Waals surface area contributed by atoms with Crippen LogP contribution in [0.1, 0.15) is 19.4 Å². The minimum absolute atomic E-state index is 0.119. The molecule has 0 saturated heterocycles. The van der Waals surface area contributed by atoms with Crippen LogP contribution in [0.3, 0.4) is 0 Å². The number of amides is 3. The maximum absolute atomic E-state index is 12.5. The first-order chi connectivity index (χ1) is 13.4. The van der Waals surface area contributed by atoms with Crippen molar-refractivity contribution in [2.75, 3.05) is 11.9 Å². The fraction of sp³-hybridized carbons (Fsp3) is 0.286. The lowest BCUT2D eigenvalue weighted by atomic mass is 10.0. The molecule has 0 aliphatic heterocycles. The molecular formula is C21H24BrN3O3. The van der Waals surface area contributed by atoms with E-state index < -0.39 is 11.9 Å². The van der Waals surface area contributed by atoms with Gasteiger partial charge >= 0.3 is 0 Å². The molecule has 1 atom stereocenters. The Morgan fingerprint density at radius 2 is 1.57 bits per heavy atom. The second-order valence-corrected chi connectivity index (χ2v) is 7.55. The summed E-state index contributed by atoms with van der Waals surface area (Å²) < 4.78 is 0.753. The van der Waals surface area contributed by atoms with Gasteiger partial charge in [0.1, 0.15) is 6.04 Å². The van der Waals surface area contributed by atoms with Crippen molar-refractivity contribution < 1.29 is 14.4 Å². The van der Waals surface area contributed by atoms with Crippen molar-refractivity contribution in [2.24, 2.45) is 5.92 Å². The van der Waals surface area contributed by atoms with E-state index >= 15 is 0 Å². The number of nitrogens with one attached hydrogen (secondary N) is 3. The van der Waals surface area contributed by atoms with Crippen molar-refractivity contribution in [3.63, 3.8) is 0 Å². The van der Waals surface area contributed by atoms with Crippen LogP contribution in [0.2, 0.25) is 0 Å². The molecule has 3 N–H and O–H groups in total. The first-order valence-electron chi connectivity index (χ1n) is 9.02. The number of hydrogen-bond acceptors (Lipinski definition) is 3. The van der Waals surface area contributed by atoms with Gasteiger partial charge in [-0.1, -0.05) is 56.3 Å². The predicted molar refractivity (Wildman–Crippen MR) is 113 cm³/mol. The number of rotatable bonds is 8. The van der Waals surface area contributed by atoms with Crippen LogP contribution in [0.5, 0.6) is 0 Å². The Labute approximate surface area is 173 Å². The van der Waals surface area contributed by atoms with E-state index in [0.29, 0.717) is 5.69 Å². The fourth-order valence-electron chi connectivity index (χ4n) is 2.58. The highest BCUT2D eigenvalue weighted by atomic mass is 79.9. The average molecular weight is 446 g/mol. The molecule has 0 aliphatic rings. The second kappa shape index (κ2) is 10.6. The van der Waals surface area contributed by atoms with Gasteiger partial charge in [-0.2, -0.15) is 0 Å². The molecule has 28 heavy (non-hydrogen) atoms. The van der Waals surface area contributed by atoms with Gasteiger partial charge in [-0.25, -0.2) is 0 Å². The number of carbonyl (C=O) groups excluding carboxylic acids is 3. The molecule has 0 radical (unpaired) electrons. The van der Waals surface area contributed by atoms with Gasteiger partial charge in [-0.3, -0.25) is 14.4 Å². The first-order valence-corrected chi connectivity index (χ1v) is 9.81. The molecule has 148 valence electrons. The van der Waals surface area contributed by atoms with Crippen molar-refractivity contribution in [1.82, 2.24) is 10.6 Å². The van der Waals surface area contributed by atoms with E-state index in [2.05, 4.69) is 31.9 Å². The third-order valence-corrected chi connectivity index (χ3v) is 4.74. The number of para-hydroxylation sites is 1. The van der Waals surface area contributed by atoms with Gasteiger partial charge in [0, 0.05) is 4.47 Å². The van der Waals surface area contributed by atoms with Crippen molar-refractivity contribution in [3.05, 3.63) is 64.6 Å². The summed E-state index contributed by atoms with van der Waals surface area (Å²) in [5.74, 6) is -1.10. The average Bonchev–Trinajstić information content (AvgIpc) is 2.66. The van der Waals surface area contributed by atoms with E-state index in [4.69, 9.17) is 0 Å². The van der Waals surface area contributed by atoms with Crippen molar-refractivity contribution in [3.8, 4) is 0 Å². The SMILES string of the molecule is CC(C)C(NC(=O)Cc1ccccc1)C(=O)NCC(=O)Nc1ccccc1Br. The molecule has 0 aromatic heterocycles. The zero-order chi connectivity index (χ0) is 20.5. The zero-order valence-corrected chi connectivity index (χ0v) is 17.5.